The molecule has 1 rings (SSSR count). The minimum Gasteiger partial charge on any atom is -0.383 e. The average molecular weight is 251 g/mol. The van der Waals surface area contributed by atoms with Crippen LogP contribution in [0.3, 0.4) is 0 Å². The molecule has 1 aromatic heterocycles. The van der Waals surface area contributed by atoms with E-state index in [9.17, 15) is 0 Å². The largest absolute Gasteiger partial charge is 0.383 e. The maximum atomic E-state index is 5.02. The molecule has 1 aromatic rings. The molecule has 0 atom stereocenters. The van der Waals surface area contributed by atoms with Gasteiger partial charge in [0, 0.05) is 38.5 Å². The van der Waals surface area contributed by atoms with Crippen LogP contribution in [-0.2, 0) is 11.8 Å². The van der Waals surface area contributed by atoms with Crippen molar-refractivity contribution in [1.29, 1.82) is 0 Å². The van der Waals surface area contributed by atoms with Crippen molar-refractivity contribution in [2.75, 3.05) is 26.8 Å². The Labute approximate surface area is 110 Å². The summed E-state index contributed by atoms with van der Waals surface area (Å²) in [6, 6.07) is 0. The van der Waals surface area contributed by atoms with Gasteiger partial charge in [-0.3, -0.25) is 4.68 Å². The lowest BCUT2D eigenvalue weighted by Gasteiger charge is -2.07. The zero-order valence-corrected chi connectivity index (χ0v) is 12.2. The molecular formula is C14H25N3O. The molecule has 0 amide bonds. The van der Waals surface area contributed by atoms with E-state index in [0.717, 1.165) is 31.8 Å². The lowest BCUT2D eigenvalue weighted by molar-refractivity contribution is 0.200. The molecule has 4 heteroatoms. The van der Waals surface area contributed by atoms with Crippen LogP contribution in [0.4, 0.5) is 0 Å². The van der Waals surface area contributed by atoms with Gasteiger partial charge in [-0.25, -0.2) is 0 Å². The minimum atomic E-state index is 0.752. The molecule has 0 fully saturated rings. The van der Waals surface area contributed by atoms with E-state index in [0.29, 0.717) is 0 Å². The van der Waals surface area contributed by atoms with Gasteiger partial charge in [0.1, 0.15) is 0 Å². The maximum Gasteiger partial charge on any atom is 0.0668 e. The van der Waals surface area contributed by atoms with Crippen LogP contribution in [0, 0.1) is 13.8 Å². The summed E-state index contributed by atoms with van der Waals surface area (Å²) in [6.07, 6.45) is 3.31. The number of nitrogens with zero attached hydrogens (tertiary/aromatic N) is 2. The molecule has 0 bridgehead atoms. The Morgan fingerprint density at radius 1 is 1.44 bits per heavy atom. The van der Waals surface area contributed by atoms with Crippen molar-refractivity contribution in [3.05, 3.63) is 22.5 Å². The summed E-state index contributed by atoms with van der Waals surface area (Å²) in [6.45, 7) is 8.90. The predicted octanol–water partition coefficient (Wildman–Crippen LogP) is 2.07. The highest BCUT2D eigenvalue weighted by atomic mass is 16.5. The highest BCUT2D eigenvalue weighted by Gasteiger charge is 2.07. The molecule has 0 aliphatic carbocycles. The second-order valence-corrected chi connectivity index (χ2v) is 4.53. The van der Waals surface area contributed by atoms with Gasteiger partial charge in [0.25, 0.3) is 0 Å². The number of ether oxygens (including phenoxy) is 1. The van der Waals surface area contributed by atoms with Crippen LogP contribution in [0.5, 0.6) is 0 Å². The monoisotopic (exact) mass is 251 g/mol. The van der Waals surface area contributed by atoms with Gasteiger partial charge in [-0.1, -0.05) is 18.6 Å². The van der Waals surface area contributed by atoms with Gasteiger partial charge in [0.05, 0.1) is 12.3 Å². The molecule has 0 radical (unpaired) electrons. The normalized spacial score (nSPS) is 12.2. The number of hydrogen-bond acceptors (Lipinski definition) is 3. The van der Waals surface area contributed by atoms with Crippen LogP contribution in [-0.4, -0.2) is 36.6 Å². The summed E-state index contributed by atoms with van der Waals surface area (Å²) < 4.78 is 6.96. The SMILES string of the molecule is CCC(=Cc1c(C)nn(C)c1C)CNCCOC. The van der Waals surface area contributed by atoms with Crippen molar-refractivity contribution in [2.45, 2.75) is 27.2 Å². The molecule has 0 unspecified atom stereocenters. The van der Waals surface area contributed by atoms with E-state index in [1.165, 1.54) is 16.8 Å². The highest BCUT2D eigenvalue weighted by molar-refractivity contribution is 5.57. The molecular weight excluding hydrogens is 226 g/mol. The molecule has 0 spiro atoms. The van der Waals surface area contributed by atoms with Crippen molar-refractivity contribution in [1.82, 2.24) is 15.1 Å². The van der Waals surface area contributed by atoms with Gasteiger partial charge in [0.15, 0.2) is 0 Å². The van der Waals surface area contributed by atoms with Crippen molar-refractivity contribution in [2.24, 2.45) is 7.05 Å². The summed E-state index contributed by atoms with van der Waals surface area (Å²) in [5.41, 5.74) is 4.96. The van der Waals surface area contributed by atoms with Crippen molar-refractivity contribution in [3.8, 4) is 0 Å². The Morgan fingerprint density at radius 3 is 2.67 bits per heavy atom. The lowest BCUT2D eigenvalue weighted by Crippen LogP contribution is -2.21. The van der Waals surface area contributed by atoms with Gasteiger partial charge >= 0.3 is 0 Å². The van der Waals surface area contributed by atoms with E-state index in [2.05, 4.69) is 37.3 Å². The second-order valence-electron chi connectivity index (χ2n) is 4.53. The van der Waals surface area contributed by atoms with Gasteiger partial charge in [-0.2, -0.15) is 5.10 Å². The number of methoxy groups -OCH3 is 1. The Hall–Kier alpha value is -1.13. The summed E-state index contributed by atoms with van der Waals surface area (Å²) in [5.74, 6) is 0. The average Bonchev–Trinajstić information content (AvgIpc) is 2.59. The van der Waals surface area contributed by atoms with E-state index < -0.39 is 0 Å². The van der Waals surface area contributed by atoms with E-state index in [4.69, 9.17) is 4.74 Å². The summed E-state index contributed by atoms with van der Waals surface area (Å²) in [7, 11) is 3.71. The summed E-state index contributed by atoms with van der Waals surface area (Å²) in [5, 5.41) is 7.82. The number of aromatic nitrogens is 2. The van der Waals surface area contributed by atoms with Gasteiger partial charge in [-0.15, -0.1) is 0 Å². The molecule has 102 valence electrons. The molecule has 0 aliphatic rings. The van der Waals surface area contributed by atoms with E-state index >= 15 is 0 Å². The Morgan fingerprint density at radius 2 is 2.17 bits per heavy atom. The van der Waals surface area contributed by atoms with E-state index in [1.807, 2.05) is 11.7 Å². The number of rotatable bonds is 7. The van der Waals surface area contributed by atoms with Crippen LogP contribution in [0.2, 0.25) is 0 Å². The first kappa shape index (κ1) is 14.9. The number of aryl methyl sites for hydroxylation is 2. The first-order valence-electron chi connectivity index (χ1n) is 6.49. The third kappa shape index (κ3) is 3.96. The number of nitrogens with one attached hydrogen (secondary N) is 1. The summed E-state index contributed by atoms with van der Waals surface area (Å²) in [4.78, 5) is 0. The fourth-order valence-corrected chi connectivity index (χ4v) is 1.90. The molecule has 1 heterocycles. The smallest absolute Gasteiger partial charge is 0.0668 e. The fourth-order valence-electron chi connectivity index (χ4n) is 1.90. The maximum absolute atomic E-state index is 5.02. The quantitative estimate of drug-likeness (QED) is 0.754. The first-order valence-corrected chi connectivity index (χ1v) is 6.49. The van der Waals surface area contributed by atoms with Gasteiger partial charge in [0.2, 0.25) is 0 Å². The molecule has 0 aliphatic heterocycles. The molecule has 0 aromatic carbocycles. The minimum absolute atomic E-state index is 0.752. The Bertz CT molecular complexity index is 407. The summed E-state index contributed by atoms with van der Waals surface area (Å²) >= 11 is 0. The molecule has 0 saturated carbocycles. The van der Waals surface area contributed by atoms with E-state index in [1.54, 1.807) is 7.11 Å². The molecule has 0 saturated heterocycles. The van der Waals surface area contributed by atoms with Crippen LogP contribution in [0.15, 0.2) is 5.57 Å². The molecule has 4 nitrogen and oxygen atoms in total. The lowest BCUT2D eigenvalue weighted by atomic mass is 10.1. The Kier molecular flexibility index (Phi) is 6.09. The second kappa shape index (κ2) is 7.34. The van der Waals surface area contributed by atoms with Crippen molar-refractivity contribution >= 4 is 6.08 Å². The van der Waals surface area contributed by atoms with Crippen LogP contribution >= 0.6 is 0 Å². The topological polar surface area (TPSA) is 39.1 Å². The van der Waals surface area contributed by atoms with Gasteiger partial charge in [-0.05, 0) is 20.3 Å². The molecule has 18 heavy (non-hydrogen) atoms. The zero-order chi connectivity index (χ0) is 13.5. The van der Waals surface area contributed by atoms with E-state index in [-0.39, 0.29) is 0 Å². The Balaban J connectivity index is 2.71. The number of hydrogen-bond donors (Lipinski definition) is 1. The van der Waals surface area contributed by atoms with Crippen LogP contribution in [0.1, 0.15) is 30.3 Å². The van der Waals surface area contributed by atoms with Crippen molar-refractivity contribution in [3.63, 3.8) is 0 Å². The zero-order valence-electron chi connectivity index (χ0n) is 12.2. The standard InChI is InChI=1S/C14H25N3O/c1-6-13(10-15-7-8-18-5)9-14-11(2)16-17(4)12(14)3/h9,15H,6-8,10H2,1-5H3. The molecule has 1 N–H and O–H groups in total. The fraction of sp³-hybridized carbons (Fsp3) is 0.643. The highest BCUT2D eigenvalue weighted by Crippen LogP contribution is 2.17. The third-order valence-electron chi connectivity index (χ3n) is 3.20. The van der Waals surface area contributed by atoms with Gasteiger partial charge < -0.3 is 10.1 Å². The predicted molar refractivity (Wildman–Crippen MR) is 75.7 cm³/mol. The third-order valence-corrected chi connectivity index (χ3v) is 3.20. The van der Waals surface area contributed by atoms with Crippen LogP contribution < -0.4 is 5.32 Å². The van der Waals surface area contributed by atoms with Crippen LogP contribution in [0.25, 0.3) is 6.08 Å². The first-order chi connectivity index (χ1) is 8.60. The van der Waals surface area contributed by atoms with Crippen molar-refractivity contribution < 1.29 is 4.74 Å².